The number of methoxy groups -OCH3 is 1. The lowest BCUT2D eigenvalue weighted by molar-refractivity contribution is -0.0495. The van der Waals surface area contributed by atoms with Gasteiger partial charge >= 0.3 is 12.7 Å². The van der Waals surface area contributed by atoms with Crippen LogP contribution in [0.4, 0.5) is 19.3 Å². The highest BCUT2D eigenvalue weighted by Gasteiger charge is 2.36. The van der Waals surface area contributed by atoms with E-state index >= 15 is 0 Å². The fourth-order valence-electron chi connectivity index (χ4n) is 3.35. The van der Waals surface area contributed by atoms with Gasteiger partial charge in [0, 0.05) is 24.7 Å². The topological polar surface area (TPSA) is 42.0 Å². The number of hydrogen-bond acceptors (Lipinski definition) is 4. The van der Waals surface area contributed by atoms with Crippen LogP contribution in [0.2, 0.25) is 0 Å². The number of anilines is 1. The number of alkyl halides is 2. The maximum absolute atomic E-state index is 12.6. The number of amides is 1. The second kappa shape index (κ2) is 7.89. The number of rotatable bonds is 4. The van der Waals surface area contributed by atoms with E-state index in [1.54, 1.807) is 29.2 Å². The summed E-state index contributed by atoms with van der Waals surface area (Å²) in [6, 6.07) is 6.85. The standard InChI is InChI=1S/C18H26F2N2O3/c1-18(2,3)22(17(23)24-4)13-9-11-21(12-10-13)14-7-5-6-8-15(14)25-16(19)20/h5-8,13,16H,9-12H2,1-4H3. The van der Waals surface area contributed by atoms with E-state index in [0.29, 0.717) is 18.8 Å². The Labute approximate surface area is 147 Å². The molecule has 1 saturated heterocycles. The number of benzene rings is 1. The molecule has 0 atom stereocenters. The molecule has 0 unspecified atom stereocenters. The summed E-state index contributed by atoms with van der Waals surface area (Å²) in [5.41, 5.74) is 0.304. The van der Waals surface area contributed by atoms with Gasteiger partial charge in [0.1, 0.15) is 5.75 Å². The highest BCUT2D eigenvalue weighted by atomic mass is 19.3. The minimum absolute atomic E-state index is 0.0480. The first-order chi connectivity index (χ1) is 11.7. The lowest BCUT2D eigenvalue weighted by Gasteiger charge is -2.44. The molecule has 5 nitrogen and oxygen atoms in total. The third kappa shape index (κ3) is 4.74. The van der Waals surface area contributed by atoms with Crippen molar-refractivity contribution in [2.45, 2.75) is 51.8 Å². The summed E-state index contributed by atoms with van der Waals surface area (Å²) in [5.74, 6) is 0.177. The SMILES string of the molecule is COC(=O)N(C1CCN(c2ccccc2OC(F)F)CC1)C(C)(C)C. The average molecular weight is 356 g/mol. The predicted molar refractivity (Wildman–Crippen MR) is 92.3 cm³/mol. The fraction of sp³-hybridized carbons (Fsp3) is 0.611. The Morgan fingerprint density at radius 2 is 1.84 bits per heavy atom. The summed E-state index contributed by atoms with van der Waals surface area (Å²) < 4.78 is 34.8. The molecule has 0 radical (unpaired) electrons. The summed E-state index contributed by atoms with van der Waals surface area (Å²) in [6.45, 7) is 4.37. The normalized spacial score (nSPS) is 16.0. The van der Waals surface area contributed by atoms with Crippen molar-refractivity contribution in [1.82, 2.24) is 4.90 Å². The van der Waals surface area contributed by atoms with E-state index in [2.05, 4.69) is 4.74 Å². The van der Waals surface area contributed by atoms with Crippen LogP contribution in [0.1, 0.15) is 33.6 Å². The van der Waals surface area contributed by atoms with Crippen molar-refractivity contribution >= 4 is 11.8 Å². The van der Waals surface area contributed by atoms with E-state index in [4.69, 9.17) is 4.74 Å². The molecule has 0 saturated carbocycles. The largest absolute Gasteiger partial charge is 0.453 e. The van der Waals surface area contributed by atoms with Crippen molar-refractivity contribution in [3.63, 3.8) is 0 Å². The number of piperidine rings is 1. The number of halogens is 2. The van der Waals surface area contributed by atoms with E-state index in [1.807, 2.05) is 25.7 Å². The van der Waals surface area contributed by atoms with Gasteiger partial charge in [0.2, 0.25) is 0 Å². The number of carbonyl (C=O) groups is 1. The lowest BCUT2D eigenvalue weighted by atomic mass is 9.96. The van der Waals surface area contributed by atoms with Gasteiger partial charge in [0.05, 0.1) is 12.8 Å². The second-order valence-corrected chi connectivity index (χ2v) is 7.08. The zero-order chi connectivity index (χ0) is 18.6. The number of carbonyl (C=O) groups excluding carboxylic acids is 1. The molecule has 0 spiro atoms. The third-order valence-corrected chi connectivity index (χ3v) is 4.35. The highest BCUT2D eigenvalue weighted by molar-refractivity contribution is 5.69. The molecule has 0 aliphatic carbocycles. The molecular weight excluding hydrogens is 330 g/mol. The molecule has 2 rings (SSSR count). The molecule has 0 aromatic heterocycles. The molecule has 25 heavy (non-hydrogen) atoms. The molecule has 0 bridgehead atoms. The Balaban J connectivity index is 2.10. The van der Waals surface area contributed by atoms with Crippen molar-refractivity contribution in [3.8, 4) is 5.75 Å². The first-order valence-electron chi connectivity index (χ1n) is 8.40. The van der Waals surface area contributed by atoms with Crippen molar-refractivity contribution in [1.29, 1.82) is 0 Å². The van der Waals surface area contributed by atoms with E-state index < -0.39 is 6.61 Å². The Morgan fingerprint density at radius 3 is 2.36 bits per heavy atom. The molecular formula is C18H26F2N2O3. The van der Waals surface area contributed by atoms with Crippen LogP contribution >= 0.6 is 0 Å². The lowest BCUT2D eigenvalue weighted by Crippen LogP contribution is -2.55. The molecule has 1 aromatic rings. The number of ether oxygens (including phenoxy) is 2. The summed E-state index contributed by atoms with van der Waals surface area (Å²) in [4.78, 5) is 16.0. The molecule has 1 heterocycles. The third-order valence-electron chi connectivity index (χ3n) is 4.35. The first-order valence-corrected chi connectivity index (χ1v) is 8.40. The van der Waals surface area contributed by atoms with Gasteiger partial charge in [-0.05, 0) is 45.7 Å². The highest BCUT2D eigenvalue weighted by Crippen LogP contribution is 2.33. The molecule has 1 aliphatic heterocycles. The Hall–Kier alpha value is -2.05. The summed E-state index contributed by atoms with van der Waals surface area (Å²) in [7, 11) is 1.38. The molecule has 1 aliphatic rings. The maximum Gasteiger partial charge on any atom is 0.410 e. The van der Waals surface area contributed by atoms with Gasteiger partial charge in [0.25, 0.3) is 0 Å². The van der Waals surface area contributed by atoms with Crippen LogP contribution in [0.25, 0.3) is 0 Å². The van der Waals surface area contributed by atoms with Crippen LogP contribution in [0.3, 0.4) is 0 Å². The average Bonchev–Trinajstić information content (AvgIpc) is 2.54. The minimum Gasteiger partial charge on any atom is -0.453 e. The predicted octanol–water partition coefficient (Wildman–Crippen LogP) is 4.12. The van der Waals surface area contributed by atoms with Crippen molar-refractivity contribution < 1.29 is 23.0 Å². The van der Waals surface area contributed by atoms with Crippen molar-refractivity contribution in [2.24, 2.45) is 0 Å². The van der Waals surface area contributed by atoms with Gasteiger partial charge in [-0.2, -0.15) is 8.78 Å². The van der Waals surface area contributed by atoms with Gasteiger partial charge < -0.3 is 19.3 Å². The maximum atomic E-state index is 12.6. The molecule has 7 heteroatoms. The summed E-state index contributed by atoms with van der Waals surface area (Å²) >= 11 is 0. The molecule has 1 amide bonds. The second-order valence-electron chi connectivity index (χ2n) is 7.08. The van der Waals surface area contributed by atoms with E-state index in [9.17, 15) is 13.6 Å². The van der Waals surface area contributed by atoms with Crippen LogP contribution < -0.4 is 9.64 Å². The van der Waals surface area contributed by atoms with Crippen LogP contribution in [0.15, 0.2) is 24.3 Å². The molecule has 0 N–H and O–H groups in total. The zero-order valence-corrected chi connectivity index (χ0v) is 15.2. The summed E-state index contributed by atoms with van der Waals surface area (Å²) in [5, 5.41) is 0. The van der Waals surface area contributed by atoms with Crippen molar-refractivity contribution in [3.05, 3.63) is 24.3 Å². The zero-order valence-electron chi connectivity index (χ0n) is 15.2. The van der Waals surface area contributed by atoms with Gasteiger partial charge in [-0.3, -0.25) is 0 Å². The van der Waals surface area contributed by atoms with Crippen LogP contribution in [0, 0.1) is 0 Å². The van der Waals surface area contributed by atoms with Crippen LogP contribution in [0.5, 0.6) is 5.75 Å². The first kappa shape index (κ1) is 19.3. The quantitative estimate of drug-likeness (QED) is 0.814. The Bertz CT molecular complexity index is 582. The van der Waals surface area contributed by atoms with Gasteiger partial charge in [-0.1, -0.05) is 12.1 Å². The number of nitrogens with zero attached hydrogens (tertiary/aromatic N) is 2. The fourth-order valence-corrected chi connectivity index (χ4v) is 3.35. The Kier molecular flexibility index (Phi) is 6.08. The van der Waals surface area contributed by atoms with Crippen molar-refractivity contribution in [2.75, 3.05) is 25.1 Å². The smallest absolute Gasteiger partial charge is 0.410 e. The van der Waals surface area contributed by atoms with E-state index in [0.717, 1.165) is 12.8 Å². The number of hydrogen-bond donors (Lipinski definition) is 0. The van der Waals surface area contributed by atoms with Crippen LogP contribution in [-0.4, -0.2) is 49.4 Å². The summed E-state index contributed by atoms with van der Waals surface area (Å²) in [6.07, 6.45) is 1.12. The van der Waals surface area contributed by atoms with Gasteiger partial charge in [0.15, 0.2) is 0 Å². The van der Waals surface area contributed by atoms with Gasteiger partial charge in [-0.25, -0.2) is 4.79 Å². The number of para-hydroxylation sites is 2. The molecule has 140 valence electrons. The van der Waals surface area contributed by atoms with E-state index in [-0.39, 0.29) is 23.4 Å². The monoisotopic (exact) mass is 356 g/mol. The van der Waals surface area contributed by atoms with Gasteiger partial charge in [-0.15, -0.1) is 0 Å². The molecule has 1 aromatic carbocycles. The van der Waals surface area contributed by atoms with E-state index in [1.165, 1.54) is 7.11 Å². The minimum atomic E-state index is -2.85. The molecule has 1 fully saturated rings. The Morgan fingerprint density at radius 1 is 1.24 bits per heavy atom. The van der Waals surface area contributed by atoms with Crippen LogP contribution in [-0.2, 0) is 4.74 Å².